The number of nitrogen functional groups attached to an aromatic ring is 1. The van der Waals surface area contributed by atoms with Crippen molar-refractivity contribution >= 4 is 5.69 Å². The molecule has 0 unspecified atom stereocenters. The first-order chi connectivity index (χ1) is 22.5. The van der Waals surface area contributed by atoms with Gasteiger partial charge in [0.25, 0.3) is 0 Å². The summed E-state index contributed by atoms with van der Waals surface area (Å²) in [5, 5.41) is 11.2. The SMILES string of the molecule is COc1ccc(C(CN(Cc2ccccc2)C[C@H](O)COc2ccc(OCc3ccccc3)c(N)c2)c2ccc(OC)cc2)cc1. The van der Waals surface area contributed by atoms with E-state index in [-0.39, 0.29) is 12.5 Å². The van der Waals surface area contributed by atoms with Crippen LogP contribution in [-0.4, -0.2) is 50.0 Å². The molecule has 0 radical (unpaired) electrons. The Bertz CT molecular complexity index is 1570. The maximum atomic E-state index is 11.2. The van der Waals surface area contributed by atoms with Crippen molar-refractivity contribution in [3.05, 3.63) is 150 Å². The molecule has 7 nitrogen and oxygen atoms in total. The van der Waals surface area contributed by atoms with Crippen LogP contribution in [0.15, 0.2) is 127 Å². The highest BCUT2D eigenvalue weighted by Crippen LogP contribution is 2.30. The van der Waals surface area contributed by atoms with Gasteiger partial charge < -0.3 is 29.8 Å². The summed E-state index contributed by atoms with van der Waals surface area (Å²) in [6.07, 6.45) is -0.744. The number of ether oxygens (including phenoxy) is 4. The van der Waals surface area contributed by atoms with Crippen molar-refractivity contribution in [1.82, 2.24) is 4.90 Å². The molecule has 0 fully saturated rings. The minimum absolute atomic E-state index is 0.0388. The second-order valence-electron chi connectivity index (χ2n) is 11.2. The van der Waals surface area contributed by atoms with Crippen molar-refractivity contribution < 1.29 is 24.1 Å². The molecular formula is C39H42N2O5. The fourth-order valence-electron chi connectivity index (χ4n) is 5.41. The molecule has 7 heteroatoms. The third-order valence-electron chi connectivity index (χ3n) is 7.86. The number of benzene rings is 5. The van der Waals surface area contributed by atoms with Crippen molar-refractivity contribution in [2.75, 3.05) is 39.6 Å². The first kappa shape index (κ1) is 32.4. The summed E-state index contributed by atoms with van der Waals surface area (Å²) in [6, 6.07) is 41.9. The summed E-state index contributed by atoms with van der Waals surface area (Å²) < 4.78 is 22.7. The smallest absolute Gasteiger partial charge is 0.142 e. The van der Waals surface area contributed by atoms with Gasteiger partial charge in [-0.3, -0.25) is 4.90 Å². The second kappa shape index (κ2) is 16.4. The van der Waals surface area contributed by atoms with Gasteiger partial charge in [0.05, 0.1) is 19.9 Å². The third kappa shape index (κ3) is 9.27. The fraction of sp³-hybridized carbons (Fsp3) is 0.231. The molecule has 0 aliphatic carbocycles. The van der Waals surface area contributed by atoms with Crippen LogP contribution in [0.1, 0.15) is 28.2 Å². The third-order valence-corrected chi connectivity index (χ3v) is 7.86. The summed E-state index contributed by atoms with van der Waals surface area (Å²) in [7, 11) is 3.34. The molecular weight excluding hydrogens is 576 g/mol. The number of methoxy groups -OCH3 is 2. The largest absolute Gasteiger partial charge is 0.497 e. The Kier molecular flexibility index (Phi) is 11.5. The van der Waals surface area contributed by atoms with Gasteiger partial charge in [-0.2, -0.15) is 0 Å². The molecule has 238 valence electrons. The molecule has 0 saturated heterocycles. The molecule has 5 aromatic rings. The molecule has 0 amide bonds. The Morgan fingerprint density at radius 2 is 1.17 bits per heavy atom. The second-order valence-corrected chi connectivity index (χ2v) is 11.2. The zero-order valence-electron chi connectivity index (χ0n) is 26.4. The molecule has 0 aliphatic heterocycles. The van der Waals surface area contributed by atoms with E-state index in [0.717, 1.165) is 33.8 Å². The predicted molar refractivity (Wildman–Crippen MR) is 183 cm³/mol. The molecule has 3 N–H and O–H groups in total. The van der Waals surface area contributed by atoms with Crippen molar-refractivity contribution in [2.45, 2.75) is 25.2 Å². The van der Waals surface area contributed by atoms with E-state index in [9.17, 15) is 5.11 Å². The molecule has 0 bridgehead atoms. The van der Waals surface area contributed by atoms with Crippen LogP contribution in [0.4, 0.5) is 5.69 Å². The van der Waals surface area contributed by atoms with Crippen molar-refractivity contribution in [2.24, 2.45) is 0 Å². The minimum atomic E-state index is -0.744. The van der Waals surface area contributed by atoms with Crippen LogP contribution >= 0.6 is 0 Å². The van der Waals surface area contributed by atoms with Crippen LogP contribution in [0.3, 0.4) is 0 Å². The number of aliphatic hydroxyl groups is 1. The lowest BCUT2D eigenvalue weighted by Gasteiger charge is -2.30. The number of nitrogens with zero attached hydrogens (tertiary/aromatic N) is 1. The molecule has 0 saturated carbocycles. The first-order valence-electron chi connectivity index (χ1n) is 15.4. The van der Waals surface area contributed by atoms with Crippen molar-refractivity contribution in [3.63, 3.8) is 0 Å². The number of nitrogens with two attached hydrogens (primary N) is 1. The monoisotopic (exact) mass is 618 g/mol. The maximum absolute atomic E-state index is 11.2. The van der Waals surface area contributed by atoms with E-state index in [2.05, 4.69) is 41.3 Å². The molecule has 0 aromatic heterocycles. The van der Waals surface area contributed by atoms with Crippen LogP contribution in [0.25, 0.3) is 0 Å². The number of aliphatic hydroxyl groups excluding tert-OH is 1. The first-order valence-corrected chi connectivity index (χ1v) is 15.4. The zero-order valence-corrected chi connectivity index (χ0v) is 26.4. The highest BCUT2D eigenvalue weighted by atomic mass is 16.5. The lowest BCUT2D eigenvalue weighted by Crippen LogP contribution is -2.38. The van der Waals surface area contributed by atoms with Crippen molar-refractivity contribution in [3.8, 4) is 23.0 Å². The average Bonchev–Trinajstić information content (AvgIpc) is 3.10. The zero-order chi connectivity index (χ0) is 32.1. The predicted octanol–water partition coefficient (Wildman–Crippen LogP) is 6.94. The molecule has 46 heavy (non-hydrogen) atoms. The van der Waals surface area contributed by atoms with E-state index >= 15 is 0 Å². The van der Waals surface area contributed by atoms with Crippen LogP contribution in [0, 0.1) is 0 Å². The summed E-state index contributed by atoms with van der Waals surface area (Å²) in [4.78, 5) is 2.28. The van der Waals surface area contributed by atoms with Gasteiger partial charge >= 0.3 is 0 Å². The lowest BCUT2D eigenvalue weighted by molar-refractivity contribution is 0.0644. The maximum Gasteiger partial charge on any atom is 0.142 e. The number of hydrogen-bond acceptors (Lipinski definition) is 7. The van der Waals surface area contributed by atoms with Crippen LogP contribution < -0.4 is 24.7 Å². The summed E-state index contributed by atoms with van der Waals surface area (Å²) >= 11 is 0. The van der Waals surface area contributed by atoms with Gasteiger partial charge in [0, 0.05) is 31.6 Å². The minimum Gasteiger partial charge on any atom is -0.497 e. The Labute approximate surface area is 271 Å². The van der Waals surface area contributed by atoms with Gasteiger partial charge in [-0.05, 0) is 58.7 Å². The Hall–Kier alpha value is -4.98. The molecule has 1 atom stereocenters. The van der Waals surface area contributed by atoms with E-state index in [1.54, 1.807) is 26.4 Å². The standard InChI is InChI=1S/C39H42N2O5/c1-43-34-17-13-31(14-18-34)37(32-15-19-35(44-2)20-16-32)26-41(24-29-9-5-3-6-10-29)25-33(42)28-45-36-21-22-39(38(40)23-36)46-27-30-11-7-4-8-12-30/h3-23,33,37,42H,24-28,40H2,1-2H3/t33-/m0/s1. The van der Waals surface area contributed by atoms with Gasteiger partial charge in [-0.15, -0.1) is 0 Å². The lowest BCUT2D eigenvalue weighted by atomic mass is 9.90. The highest BCUT2D eigenvalue weighted by molar-refractivity contribution is 5.56. The normalized spacial score (nSPS) is 11.8. The fourth-order valence-corrected chi connectivity index (χ4v) is 5.41. The quantitative estimate of drug-likeness (QED) is 0.116. The Morgan fingerprint density at radius 3 is 1.72 bits per heavy atom. The highest BCUT2D eigenvalue weighted by Gasteiger charge is 2.22. The van der Waals surface area contributed by atoms with Crippen molar-refractivity contribution in [1.29, 1.82) is 0 Å². The Morgan fingerprint density at radius 1 is 0.630 bits per heavy atom. The van der Waals surface area contributed by atoms with Crippen LogP contribution in [-0.2, 0) is 13.2 Å². The number of hydrogen-bond donors (Lipinski definition) is 2. The van der Waals surface area contributed by atoms with E-state index in [1.807, 2.05) is 78.9 Å². The Balaban J connectivity index is 1.28. The van der Waals surface area contributed by atoms with Gasteiger partial charge in [0.2, 0.25) is 0 Å². The van der Waals surface area contributed by atoms with Gasteiger partial charge in [-0.25, -0.2) is 0 Å². The van der Waals surface area contributed by atoms with Gasteiger partial charge in [-0.1, -0.05) is 84.9 Å². The molecule has 0 aliphatic rings. The van der Waals surface area contributed by atoms with E-state index in [4.69, 9.17) is 24.7 Å². The van der Waals surface area contributed by atoms with E-state index in [1.165, 1.54) is 0 Å². The number of anilines is 1. The van der Waals surface area contributed by atoms with Gasteiger partial charge in [0.1, 0.15) is 42.3 Å². The van der Waals surface area contributed by atoms with E-state index in [0.29, 0.717) is 43.4 Å². The summed E-state index contributed by atoms with van der Waals surface area (Å²) in [5.74, 6) is 2.82. The molecule has 5 aromatic carbocycles. The molecule has 5 rings (SSSR count). The van der Waals surface area contributed by atoms with Crippen LogP contribution in [0.2, 0.25) is 0 Å². The number of rotatable bonds is 16. The van der Waals surface area contributed by atoms with Crippen LogP contribution in [0.5, 0.6) is 23.0 Å². The molecule has 0 spiro atoms. The van der Waals surface area contributed by atoms with E-state index < -0.39 is 6.10 Å². The molecule has 0 heterocycles. The topological polar surface area (TPSA) is 86.4 Å². The summed E-state index contributed by atoms with van der Waals surface area (Å²) in [5.41, 5.74) is 11.3. The van der Waals surface area contributed by atoms with Gasteiger partial charge in [0.15, 0.2) is 0 Å². The summed E-state index contributed by atoms with van der Waals surface area (Å²) in [6.45, 7) is 2.29. The average molecular weight is 619 g/mol.